The maximum Gasteiger partial charge on any atom is 0.308 e. The lowest BCUT2D eigenvalue weighted by molar-refractivity contribution is -0.149. The number of esters is 1. The van der Waals surface area contributed by atoms with Gasteiger partial charge >= 0.3 is 5.97 Å². The highest BCUT2D eigenvalue weighted by atomic mass is 16.5. The van der Waals surface area contributed by atoms with Gasteiger partial charge in [0.2, 0.25) is 0 Å². The first-order valence-corrected chi connectivity index (χ1v) is 7.72. The van der Waals surface area contributed by atoms with Crippen molar-refractivity contribution < 1.29 is 14.3 Å². The Balaban J connectivity index is 1.82. The summed E-state index contributed by atoms with van der Waals surface area (Å²) < 4.78 is 11.4. The minimum Gasteiger partial charge on any atom is -0.493 e. The molecule has 2 rings (SSSR count). The van der Waals surface area contributed by atoms with Crippen molar-refractivity contribution in [1.82, 2.24) is 0 Å². The van der Waals surface area contributed by atoms with Crippen LogP contribution in [0.2, 0.25) is 0 Å². The first kappa shape index (κ1) is 15.1. The molecule has 3 heteroatoms. The van der Waals surface area contributed by atoms with Gasteiger partial charge in [-0.3, -0.25) is 4.79 Å². The lowest BCUT2D eigenvalue weighted by Gasteiger charge is -2.29. The molecule has 0 aromatic rings. The van der Waals surface area contributed by atoms with Crippen LogP contribution in [0.3, 0.4) is 0 Å². The Labute approximate surface area is 122 Å². The Hall–Kier alpha value is -1.25. The minimum atomic E-state index is -0.122. The molecule has 112 valence electrons. The molecule has 1 atom stereocenters. The second-order valence-corrected chi connectivity index (χ2v) is 6.36. The van der Waals surface area contributed by atoms with Crippen LogP contribution in [0.25, 0.3) is 0 Å². The molecule has 2 saturated carbocycles. The number of allylic oxidation sites excluding steroid dienone is 2. The van der Waals surface area contributed by atoms with E-state index in [9.17, 15) is 4.79 Å². The number of rotatable bonds is 8. The molecular weight excluding hydrogens is 252 g/mol. The molecule has 0 bridgehead atoms. The SMILES string of the molecule is C=CC(OCC(C)(CC)COC(=O)C1CC1)=C1CCC1. The third-order valence-electron chi connectivity index (χ3n) is 4.39. The van der Waals surface area contributed by atoms with E-state index in [4.69, 9.17) is 9.47 Å². The van der Waals surface area contributed by atoms with Crippen molar-refractivity contribution in [3.05, 3.63) is 24.0 Å². The lowest BCUT2D eigenvalue weighted by atomic mass is 9.89. The van der Waals surface area contributed by atoms with Crippen LogP contribution in [-0.2, 0) is 14.3 Å². The van der Waals surface area contributed by atoms with Gasteiger partial charge in [-0.25, -0.2) is 0 Å². The number of carbonyl (C=O) groups excluding carboxylic acids is 1. The summed E-state index contributed by atoms with van der Waals surface area (Å²) in [6.45, 7) is 9.07. The van der Waals surface area contributed by atoms with E-state index in [1.165, 1.54) is 12.0 Å². The summed E-state index contributed by atoms with van der Waals surface area (Å²) in [6, 6.07) is 0. The molecule has 3 nitrogen and oxygen atoms in total. The molecule has 0 aromatic carbocycles. The van der Waals surface area contributed by atoms with E-state index in [2.05, 4.69) is 20.4 Å². The van der Waals surface area contributed by atoms with Crippen LogP contribution in [0.1, 0.15) is 52.4 Å². The molecule has 0 amide bonds. The molecule has 0 heterocycles. The largest absolute Gasteiger partial charge is 0.493 e. The summed E-state index contributed by atoms with van der Waals surface area (Å²) >= 11 is 0. The molecule has 2 fully saturated rings. The standard InChI is InChI=1S/C17H26O3/c1-4-15(13-7-6-8-13)19-11-17(3,5-2)12-20-16(18)14-9-10-14/h4,14H,1,5-12H2,2-3H3. The number of carbonyl (C=O) groups is 1. The summed E-state index contributed by atoms with van der Waals surface area (Å²) in [5.74, 6) is 1.06. The predicted octanol–water partition coefficient (Wildman–Crippen LogP) is 4.00. The van der Waals surface area contributed by atoms with Gasteiger partial charge in [0.15, 0.2) is 0 Å². The van der Waals surface area contributed by atoms with E-state index in [-0.39, 0.29) is 17.3 Å². The van der Waals surface area contributed by atoms with E-state index >= 15 is 0 Å². The molecule has 0 aliphatic heterocycles. The van der Waals surface area contributed by atoms with Crippen LogP contribution in [0.4, 0.5) is 0 Å². The Morgan fingerprint density at radius 2 is 2.00 bits per heavy atom. The molecule has 0 aromatic heterocycles. The summed E-state index contributed by atoms with van der Waals surface area (Å²) in [5.41, 5.74) is 1.25. The summed E-state index contributed by atoms with van der Waals surface area (Å²) in [4.78, 5) is 11.6. The highest BCUT2D eigenvalue weighted by Gasteiger charge is 2.33. The van der Waals surface area contributed by atoms with Gasteiger partial charge in [-0.2, -0.15) is 0 Å². The van der Waals surface area contributed by atoms with Gasteiger partial charge in [0.05, 0.1) is 19.1 Å². The van der Waals surface area contributed by atoms with Crippen LogP contribution in [0.5, 0.6) is 0 Å². The van der Waals surface area contributed by atoms with Crippen molar-refractivity contribution in [2.24, 2.45) is 11.3 Å². The monoisotopic (exact) mass is 278 g/mol. The molecule has 0 N–H and O–H groups in total. The number of hydrogen-bond acceptors (Lipinski definition) is 3. The van der Waals surface area contributed by atoms with Gasteiger partial charge in [0, 0.05) is 5.41 Å². The normalized spacial score (nSPS) is 20.6. The molecular formula is C17H26O3. The van der Waals surface area contributed by atoms with Gasteiger partial charge in [0.1, 0.15) is 5.76 Å². The van der Waals surface area contributed by atoms with Crippen LogP contribution < -0.4 is 0 Å². The second-order valence-electron chi connectivity index (χ2n) is 6.36. The molecule has 0 saturated heterocycles. The van der Waals surface area contributed by atoms with Crippen LogP contribution in [0, 0.1) is 11.3 Å². The third kappa shape index (κ3) is 3.87. The second kappa shape index (κ2) is 6.47. The zero-order valence-corrected chi connectivity index (χ0v) is 12.7. The first-order valence-electron chi connectivity index (χ1n) is 7.72. The maximum absolute atomic E-state index is 11.6. The molecule has 2 aliphatic carbocycles. The summed E-state index contributed by atoms with van der Waals surface area (Å²) in [5, 5.41) is 0. The average molecular weight is 278 g/mol. The predicted molar refractivity (Wildman–Crippen MR) is 79.1 cm³/mol. The lowest BCUT2D eigenvalue weighted by Crippen LogP contribution is -2.30. The van der Waals surface area contributed by atoms with E-state index in [1.807, 2.05) is 0 Å². The number of ether oxygens (including phenoxy) is 2. The highest BCUT2D eigenvalue weighted by molar-refractivity contribution is 5.74. The molecule has 0 spiro atoms. The molecule has 2 aliphatic rings. The molecule has 1 unspecified atom stereocenters. The zero-order valence-electron chi connectivity index (χ0n) is 12.7. The Kier molecular flexibility index (Phi) is 4.90. The fraction of sp³-hybridized carbons (Fsp3) is 0.706. The van der Waals surface area contributed by atoms with E-state index in [0.717, 1.165) is 37.9 Å². The van der Waals surface area contributed by atoms with Crippen molar-refractivity contribution in [2.45, 2.75) is 52.4 Å². The Morgan fingerprint density at radius 1 is 1.35 bits per heavy atom. The van der Waals surface area contributed by atoms with Crippen molar-refractivity contribution in [3.63, 3.8) is 0 Å². The van der Waals surface area contributed by atoms with E-state index in [1.54, 1.807) is 6.08 Å². The van der Waals surface area contributed by atoms with Crippen molar-refractivity contribution in [3.8, 4) is 0 Å². The van der Waals surface area contributed by atoms with E-state index < -0.39 is 0 Å². The Bertz CT molecular complexity index is 400. The van der Waals surface area contributed by atoms with Crippen LogP contribution in [-0.4, -0.2) is 19.2 Å². The van der Waals surface area contributed by atoms with E-state index in [0.29, 0.717) is 13.2 Å². The maximum atomic E-state index is 11.6. The van der Waals surface area contributed by atoms with Gasteiger partial charge < -0.3 is 9.47 Å². The molecule has 0 radical (unpaired) electrons. The fourth-order valence-corrected chi connectivity index (χ4v) is 2.09. The van der Waals surface area contributed by atoms with Crippen LogP contribution >= 0.6 is 0 Å². The smallest absolute Gasteiger partial charge is 0.308 e. The van der Waals surface area contributed by atoms with Crippen molar-refractivity contribution in [2.75, 3.05) is 13.2 Å². The van der Waals surface area contributed by atoms with Gasteiger partial charge in [0.25, 0.3) is 0 Å². The van der Waals surface area contributed by atoms with Crippen LogP contribution in [0.15, 0.2) is 24.0 Å². The van der Waals surface area contributed by atoms with Crippen molar-refractivity contribution in [1.29, 1.82) is 0 Å². The minimum absolute atomic E-state index is 0.0361. The quantitative estimate of drug-likeness (QED) is 0.497. The van der Waals surface area contributed by atoms with Crippen molar-refractivity contribution >= 4 is 5.97 Å². The van der Waals surface area contributed by atoms with Gasteiger partial charge in [-0.15, -0.1) is 0 Å². The average Bonchev–Trinajstić information content (AvgIpc) is 3.23. The van der Waals surface area contributed by atoms with Gasteiger partial charge in [-0.1, -0.05) is 20.4 Å². The topological polar surface area (TPSA) is 35.5 Å². The number of hydrogen-bond donors (Lipinski definition) is 0. The Morgan fingerprint density at radius 3 is 2.45 bits per heavy atom. The highest BCUT2D eigenvalue weighted by Crippen LogP contribution is 2.33. The summed E-state index contributed by atoms with van der Waals surface area (Å²) in [6.07, 6.45) is 8.21. The first-order chi connectivity index (χ1) is 9.58. The zero-order chi connectivity index (χ0) is 14.6. The summed E-state index contributed by atoms with van der Waals surface area (Å²) in [7, 11) is 0. The molecule has 20 heavy (non-hydrogen) atoms. The third-order valence-corrected chi connectivity index (χ3v) is 4.39. The fourth-order valence-electron chi connectivity index (χ4n) is 2.09. The van der Waals surface area contributed by atoms with Gasteiger partial charge in [-0.05, 0) is 50.2 Å².